The van der Waals surface area contributed by atoms with Crippen LogP contribution in [-0.2, 0) is 11.4 Å². The van der Waals surface area contributed by atoms with Crippen LogP contribution in [0.5, 0.6) is 5.75 Å². The Bertz CT molecular complexity index is 1250. The van der Waals surface area contributed by atoms with Crippen molar-refractivity contribution < 1.29 is 9.53 Å². The van der Waals surface area contributed by atoms with E-state index in [4.69, 9.17) is 9.73 Å². The van der Waals surface area contributed by atoms with Gasteiger partial charge in [-0.15, -0.1) is 0 Å². The van der Waals surface area contributed by atoms with Crippen LogP contribution in [-0.4, -0.2) is 22.0 Å². The van der Waals surface area contributed by atoms with Gasteiger partial charge in [-0.3, -0.25) is 9.69 Å². The zero-order chi connectivity index (χ0) is 24.9. The molecule has 1 aliphatic heterocycles. The van der Waals surface area contributed by atoms with Gasteiger partial charge in [0.15, 0.2) is 5.17 Å². The van der Waals surface area contributed by atoms with Crippen molar-refractivity contribution in [3.63, 3.8) is 0 Å². The van der Waals surface area contributed by atoms with E-state index in [1.54, 1.807) is 0 Å². The molecule has 0 aromatic heterocycles. The molecule has 4 rings (SSSR count). The zero-order valence-corrected chi connectivity index (χ0v) is 24.9. The lowest BCUT2D eigenvalue weighted by atomic mass is 10.2. The Labute approximate surface area is 238 Å². The highest BCUT2D eigenvalue weighted by molar-refractivity contribution is 14.1. The summed E-state index contributed by atoms with van der Waals surface area (Å²) in [5.41, 5.74) is 4.14. The molecule has 4 nitrogen and oxygen atoms in total. The van der Waals surface area contributed by atoms with Gasteiger partial charge in [-0.2, -0.15) is 0 Å². The molecule has 1 aliphatic rings. The monoisotopic (exact) mass is 708 g/mol. The van der Waals surface area contributed by atoms with Gasteiger partial charge in [0.25, 0.3) is 5.91 Å². The number of ether oxygens (including phenoxy) is 1. The first-order chi connectivity index (χ1) is 16.9. The number of benzene rings is 3. The SMILES string of the molecule is CC[C@H](C)N1C(=O)/C(=C\c2cc(I)c(OCc3ccccc3)c(I)c2)SC1=Nc1ccc(C)cc1. The lowest BCUT2D eigenvalue weighted by Gasteiger charge is -2.22. The minimum Gasteiger partial charge on any atom is -0.487 e. The van der Waals surface area contributed by atoms with E-state index in [0.717, 1.165) is 41.3 Å². The number of aliphatic imine (C=N–C) groups is 1. The average Bonchev–Trinajstić information content (AvgIpc) is 3.14. The fourth-order valence-electron chi connectivity index (χ4n) is 3.55. The molecule has 1 fully saturated rings. The molecule has 0 spiro atoms. The summed E-state index contributed by atoms with van der Waals surface area (Å²) in [6.45, 7) is 6.73. The van der Waals surface area contributed by atoms with Crippen LogP contribution in [0.3, 0.4) is 0 Å². The molecule has 0 N–H and O–H groups in total. The van der Waals surface area contributed by atoms with Gasteiger partial charge in [0.05, 0.1) is 17.7 Å². The number of thioether (sulfide) groups is 1. The van der Waals surface area contributed by atoms with Crippen LogP contribution in [0.1, 0.15) is 37.0 Å². The first-order valence-electron chi connectivity index (χ1n) is 11.4. The Kier molecular flexibility index (Phi) is 8.93. The van der Waals surface area contributed by atoms with E-state index in [2.05, 4.69) is 90.2 Å². The fourth-order valence-corrected chi connectivity index (χ4v) is 6.76. The van der Waals surface area contributed by atoms with Gasteiger partial charge in [0.2, 0.25) is 0 Å². The number of carbonyl (C=O) groups excluding carboxylic acids is 1. The highest BCUT2D eigenvalue weighted by atomic mass is 127. The van der Waals surface area contributed by atoms with E-state index in [0.29, 0.717) is 11.5 Å². The number of aryl methyl sites for hydroxylation is 1. The number of hydrogen-bond donors (Lipinski definition) is 0. The minimum atomic E-state index is 0.00429. The van der Waals surface area contributed by atoms with Crippen LogP contribution in [0.2, 0.25) is 0 Å². The van der Waals surface area contributed by atoms with Crippen LogP contribution in [0, 0.1) is 14.1 Å². The third-order valence-corrected chi connectivity index (χ3v) is 8.26. The summed E-state index contributed by atoms with van der Waals surface area (Å²) in [5, 5.41) is 0.728. The molecular formula is C28H26I2N2O2S. The molecule has 0 saturated carbocycles. The molecule has 0 aliphatic carbocycles. The van der Waals surface area contributed by atoms with Gasteiger partial charge in [-0.25, -0.2) is 4.99 Å². The maximum Gasteiger partial charge on any atom is 0.266 e. The molecule has 1 atom stereocenters. The summed E-state index contributed by atoms with van der Waals surface area (Å²) in [6.07, 6.45) is 2.82. The molecule has 3 aromatic rings. The number of rotatable bonds is 7. The molecule has 7 heteroatoms. The molecule has 0 bridgehead atoms. The lowest BCUT2D eigenvalue weighted by Crippen LogP contribution is -2.36. The predicted molar refractivity (Wildman–Crippen MR) is 163 cm³/mol. The maximum atomic E-state index is 13.4. The second kappa shape index (κ2) is 11.9. The van der Waals surface area contributed by atoms with Crippen molar-refractivity contribution in [2.75, 3.05) is 0 Å². The minimum absolute atomic E-state index is 0.00429. The predicted octanol–water partition coefficient (Wildman–Crippen LogP) is 8.19. The Morgan fingerprint density at radius 1 is 1.06 bits per heavy atom. The molecule has 1 saturated heterocycles. The number of hydrogen-bond acceptors (Lipinski definition) is 4. The Hall–Kier alpha value is -1.85. The van der Waals surface area contributed by atoms with Gasteiger partial charge < -0.3 is 4.74 Å². The molecule has 3 aromatic carbocycles. The topological polar surface area (TPSA) is 41.9 Å². The summed E-state index contributed by atoms with van der Waals surface area (Å²) < 4.78 is 8.15. The second-order valence-corrected chi connectivity index (χ2v) is 11.7. The number of carbonyl (C=O) groups is 1. The number of halogens is 2. The first kappa shape index (κ1) is 26.2. The third-order valence-electron chi connectivity index (χ3n) is 5.67. The Balaban J connectivity index is 1.60. The van der Waals surface area contributed by atoms with Crippen molar-refractivity contribution in [3.05, 3.63) is 95.5 Å². The van der Waals surface area contributed by atoms with Crippen LogP contribution < -0.4 is 4.74 Å². The highest BCUT2D eigenvalue weighted by Crippen LogP contribution is 2.37. The molecular weight excluding hydrogens is 682 g/mol. The average molecular weight is 708 g/mol. The summed E-state index contributed by atoms with van der Waals surface area (Å²) in [4.78, 5) is 20.7. The molecule has 0 unspecified atom stereocenters. The van der Waals surface area contributed by atoms with Crippen LogP contribution in [0.15, 0.2) is 76.6 Å². The van der Waals surface area contributed by atoms with E-state index >= 15 is 0 Å². The van der Waals surface area contributed by atoms with Gasteiger partial charge in [-0.05, 0) is 119 Å². The maximum absolute atomic E-state index is 13.4. The van der Waals surface area contributed by atoms with Crippen molar-refractivity contribution in [1.29, 1.82) is 0 Å². The summed E-state index contributed by atoms with van der Waals surface area (Å²) in [5.74, 6) is 0.870. The van der Waals surface area contributed by atoms with Crippen LogP contribution in [0.4, 0.5) is 5.69 Å². The third kappa shape index (κ3) is 6.48. The standard InChI is InChI=1S/C28H26I2N2O2S/c1-4-19(3)32-27(33)25(35-28(32)31-22-12-10-18(2)11-13-22)16-21-14-23(29)26(24(30)15-21)34-17-20-8-6-5-7-9-20/h5-16,19H,4,17H2,1-3H3/b25-16+,31-28?/t19-/m0/s1. The summed E-state index contributed by atoms with van der Waals surface area (Å²) in [7, 11) is 0. The molecule has 180 valence electrons. The summed E-state index contributed by atoms with van der Waals surface area (Å²) in [6, 6.07) is 22.4. The van der Waals surface area contributed by atoms with E-state index in [-0.39, 0.29) is 11.9 Å². The normalized spacial score (nSPS) is 16.8. The Morgan fingerprint density at radius 2 is 1.71 bits per heavy atom. The van der Waals surface area contributed by atoms with Gasteiger partial charge >= 0.3 is 0 Å². The Morgan fingerprint density at radius 3 is 2.34 bits per heavy atom. The number of amidine groups is 1. The zero-order valence-electron chi connectivity index (χ0n) is 19.8. The van der Waals surface area contributed by atoms with Crippen LogP contribution in [0.25, 0.3) is 6.08 Å². The van der Waals surface area contributed by atoms with Crippen molar-refractivity contribution >= 4 is 79.8 Å². The van der Waals surface area contributed by atoms with Crippen molar-refractivity contribution in [2.45, 2.75) is 39.8 Å². The molecule has 0 radical (unpaired) electrons. The van der Waals surface area contributed by atoms with Gasteiger partial charge in [0, 0.05) is 6.04 Å². The van der Waals surface area contributed by atoms with E-state index in [1.807, 2.05) is 53.4 Å². The van der Waals surface area contributed by atoms with Crippen molar-refractivity contribution in [2.24, 2.45) is 4.99 Å². The molecule has 35 heavy (non-hydrogen) atoms. The van der Waals surface area contributed by atoms with Crippen molar-refractivity contribution in [3.8, 4) is 5.75 Å². The largest absolute Gasteiger partial charge is 0.487 e. The van der Waals surface area contributed by atoms with Crippen molar-refractivity contribution in [1.82, 2.24) is 4.90 Å². The fraction of sp³-hybridized carbons (Fsp3) is 0.214. The van der Waals surface area contributed by atoms with Crippen LogP contribution >= 0.6 is 56.9 Å². The molecule has 1 amide bonds. The quantitative estimate of drug-likeness (QED) is 0.184. The van der Waals surface area contributed by atoms with E-state index in [9.17, 15) is 4.79 Å². The summed E-state index contributed by atoms with van der Waals surface area (Å²) >= 11 is 6.05. The highest BCUT2D eigenvalue weighted by Gasteiger charge is 2.36. The number of nitrogens with zero attached hydrogens (tertiary/aromatic N) is 2. The smallest absolute Gasteiger partial charge is 0.266 e. The van der Waals surface area contributed by atoms with E-state index in [1.165, 1.54) is 17.3 Å². The van der Waals surface area contributed by atoms with E-state index < -0.39 is 0 Å². The van der Waals surface area contributed by atoms with Gasteiger partial charge in [-0.1, -0.05) is 55.0 Å². The van der Waals surface area contributed by atoms with Gasteiger partial charge in [0.1, 0.15) is 12.4 Å². The number of amides is 1. The first-order valence-corrected chi connectivity index (χ1v) is 14.4. The molecule has 1 heterocycles. The lowest BCUT2D eigenvalue weighted by molar-refractivity contribution is -0.123. The second-order valence-electron chi connectivity index (χ2n) is 8.36.